The van der Waals surface area contributed by atoms with Gasteiger partial charge < -0.3 is 9.73 Å². The number of rotatable bonds is 5. The number of halogens is 1. The van der Waals surface area contributed by atoms with Gasteiger partial charge in [0.1, 0.15) is 11.8 Å². The van der Waals surface area contributed by atoms with E-state index in [0.29, 0.717) is 0 Å². The molecule has 0 aliphatic rings. The molecular formula is C14H14ClN3OS. The molecule has 20 heavy (non-hydrogen) atoms. The van der Waals surface area contributed by atoms with Crippen molar-refractivity contribution in [2.75, 3.05) is 5.32 Å². The predicted molar refractivity (Wildman–Crippen MR) is 81.4 cm³/mol. The van der Waals surface area contributed by atoms with Gasteiger partial charge in [-0.2, -0.15) is 5.10 Å². The van der Waals surface area contributed by atoms with Gasteiger partial charge in [-0.05, 0) is 31.2 Å². The largest absolute Gasteiger partial charge is 0.467 e. The van der Waals surface area contributed by atoms with E-state index in [9.17, 15) is 0 Å². The van der Waals surface area contributed by atoms with Crippen LogP contribution >= 0.6 is 22.9 Å². The second-order valence-corrected chi connectivity index (χ2v) is 6.07. The Kier molecular flexibility index (Phi) is 3.80. The molecule has 0 spiro atoms. The van der Waals surface area contributed by atoms with E-state index in [1.165, 1.54) is 0 Å². The highest BCUT2D eigenvalue weighted by Gasteiger charge is 2.19. The van der Waals surface area contributed by atoms with Crippen LogP contribution in [0.2, 0.25) is 4.34 Å². The predicted octanol–water partition coefficient (Wildman–Crippen LogP) is 4.41. The lowest BCUT2D eigenvalue weighted by Crippen LogP contribution is -2.09. The first-order valence-electron chi connectivity index (χ1n) is 6.34. The first kappa shape index (κ1) is 13.3. The molecule has 3 heterocycles. The summed E-state index contributed by atoms with van der Waals surface area (Å²) in [5, 5.41) is 7.71. The van der Waals surface area contributed by atoms with Crippen molar-refractivity contribution < 1.29 is 4.42 Å². The Morgan fingerprint density at radius 1 is 1.45 bits per heavy atom. The van der Waals surface area contributed by atoms with Crippen LogP contribution in [0.5, 0.6) is 0 Å². The number of nitrogens with zero attached hydrogens (tertiary/aromatic N) is 2. The van der Waals surface area contributed by atoms with Gasteiger partial charge >= 0.3 is 0 Å². The van der Waals surface area contributed by atoms with Crippen molar-refractivity contribution in [3.05, 3.63) is 57.9 Å². The molecule has 0 radical (unpaired) electrons. The summed E-state index contributed by atoms with van der Waals surface area (Å²) in [6.07, 6.45) is 5.47. The van der Waals surface area contributed by atoms with Crippen LogP contribution in [0.3, 0.4) is 0 Å². The topological polar surface area (TPSA) is 43.0 Å². The molecule has 1 N–H and O–H groups in total. The third kappa shape index (κ3) is 2.73. The lowest BCUT2D eigenvalue weighted by atomic mass is 10.2. The van der Waals surface area contributed by atoms with Crippen molar-refractivity contribution >= 4 is 28.6 Å². The van der Waals surface area contributed by atoms with Gasteiger partial charge in [0.25, 0.3) is 0 Å². The van der Waals surface area contributed by atoms with E-state index in [4.69, 9.17) is 16.0 Å². The van der Waals surface area contributed by atoms with Crippen LogP contribution in [0, 0.1) is 0 Å². The molecule has 4 nitrogen and oxygen atoms in total. The van der Waals surface area contributed by atoms with E-state index in [1.54, 1.807) is 17.6 Å². The normalized spacial score (nSPS) is 12.5. The maximum Gasteiger partial charge on any atom is 0.131 e. The van der Waals surface area contributed by atoms with Crippen LogP contribution in [0.1, 0.15) is 23.6 Å². The summed E-state index contributed by atoms with van der Waals surface area (Å²) >= 11 is 7.58. The summed E-state index contributed by atoms with van der Waals surface area (Å²) in [6, 6.07) is 7.69. The van der Waals surface area contributed by atoms with E-state index in [1.807, 2.05) is 41.3 Å². The van der Waals surface area contributed by atoms with Gasteiger partial charge in [-0.15, -0.1) is 11.3 Å². The molecule has 0 aliphatic heterocycles. The maximum absolute atomic E-state index is 6.04. The smallest absolute Gasteiger partial charge is 0.131 e. The number of furan rings is 1. The Bertz CT molecular complexity index is 674. The highest BCUT2D eigenvalue weighted by molar-refractivity contribution is 7.16. The Morgan fingerprint density at radius 2 is 2.35 bits per heavy atom. The molecule has 3 rings (SSSR count). The molecule has 0 saturated heterocycles. The van der Waals surface area contributed by atoms with Gasteiger partial charge in [0.05, 0.1) is 22.5 Å². The van der Waals surface area contributed by atoms with Gasteiger partial charge in [-0.3, -0.25) is 4.68 Å². The van der Waals surface area contributed by atoms with Crippen LogP contribution in [-0.2, 0) is 6.54 Å². The van der Waals surface area contributed by atoms with Crippen LogP contribution in [0.15, 0.2) is 47.3 Å². The van der Waals surface area contributed by atoms with Crippen LogP contribution in [-0.4, -0.2) is 9.78 Å². The van der Waals surface area contributed by atoms with Crippen LogP contribution in [0.4, 0.5) is 5.69 Å². The van der Waals surface area contributed by atoms with E-state index >= 15 is 0 Å². The highest BCUT2D eigenvalue weighted by atomic mass is 35.5. The van der Waals surface area contributed by atoms with Gasteiger partial charge in [0.15, 0.2) is 0 Å². The van der Waals surface area contributed by atoms with E-state index in [0.717, 1.165) is 27.2 Å². The van der Waals surface area contributed by atoms with Crippen molar-refractivity contribution in [3.8, 4) is 0 Å². The number of hydrogen-bond acceptors (Lipinski definition) is 4. The standard InChI is InChI=1S/C14H14ClN3OS/c1-2-18-9-10(8-16-18)17-14(11-4-3-7-19-11)12-5-6-13(15)20-12/h3-9,14,17H,2H2,1H3. The lowest BCUT2D eigenvalue weighted by molar-refractivity contribution is 0.501. The van der Waals surface area contributed by atoms with Gasteiger partial charge in [0.2, 0.25) is 0 Å². The molecule has 0 aliphatic carbocycles. The molecule has 1 unspecified atom stereocenters. The zero-order chi connectivity index (χ0) is 13.9. The maximum atomic E-state index is 6.04. The first-order chi connectivity index (χ1) is 9.76. The van der Waals surface area contributed by atoms with E-state index in [-0.39, 0.29) is 6.04 Å². The summed E-state index contributed by atoms with van der Waals surface area (Å²) in [7, 11) is 0. The Hall–Kier alpha value is -1.72. The van der Waals surface area contributed by atoms with Crippen molar-refractivity contribution in [2.24, 2.45) is 0 Å². The van der Waals surface area contributed by atoms with Crippen LogP contribution in [0.25, 0.3) is 0 Å². The summed E-state index contributed by atoms with van der Waals surface area (Å²) in [4.78, 5) is 1.11. The molecule has 0 aromatic carbocycles. The summed E-state index contributed by atoms with van der Waals surface area (Å²) in [6.45, 7) is 2.90. The minimum absolute atomic E-state index is 0.0583. The number of anilines is 1. The first-order valence-corrected chi connectivity index (χ1v) is 7.53. The molecule has 104 valence electrons. The SMILES string of the molecule is CCn1cc(NC(c2ccco2)c2ccc(Cl)s2)cn1. The summed E-state index contributed by atoms with van der Waals surface area (Å²) < 4.78 is 8.18. The third-order valence-corrected chi connectivity index (χ3v) is 4.27. The number of nitrogens with one attached hydrogen (secondary N) is 1. The van der Waals surface area contributed by atoms with Crippen LogP contribution < -0.4 is 5.32 Å². The second-order valence-electron chi connectivity index (χ2n) is 4.32. The Balaban J connectivity index is 1.90. The zero-order valence-electron chi connectivity index (χ0n) is 10.9. The fraction of sp³-hybridized carbons (Fsp3) is 0.214. The average Bonchev–Trinajstić information content (AvgIpc) is 3.17. The highest BCUT2D eigenvalue weighted by Crippen LogP contribution is 2.33. The molecule has 6 heteroatoms. The van der Waals surface area contributed by atoms with Gasteiger partial charge in [0, 0.05) is 17.6 Å². The Morgan fingerprint density at radius 3 is 2.95 bits per heavy atom. The van der Waals surface area contributed by atoms with Gasteiger partial charge in [-0.25, -0.2) is 0 Å². The number of thiophene rings is 1. The lowest BCUT2D eigenvalue weighted by Gasteiger charge is -2.14. The zero-order valence-corrected chi connectivity index (χ0v) is 12.5. The summed E-state index contributed by atoms with van der Waals surface area (Å²) in [5.41, 5.74) is 0.956. The molecule has 0 fully saturated rings. The second kappa shape index (κ2) is 5.73. The molecule has 0 saturated carbocycles. The molecule has 0 amide bonds. The molecule has 3 aromatic heterocycles. The molecule has 0 bridgehead atoms. The van der Waals surface area contributed by atoms with Gasteiger partial charge in [-0.1, -0.05) is 11.6 Å². The molecule has 1 atom stereocenters. The molecule has 3 aromatic rings. The quantitative estimate of drug-likeness (QED) is 0.759. The monoisotopic (exact) mass is 307 g/mol. The minimum atomic E-state index is -0.0583. The summed E-state index contributed by atoms with van der Waals surface area (Å²) in [5.74, 6) is 0.854. The fourth-order valence-corrected chi connectivity index (χ4v) is 3.12. The van der Waals surface area contributed by atoms with Crippen molar-refractivity contribution in [3.63, 3.8) is 0 Å². The third-order valence-electron chi connectivity index (χ3n) is 2.97. The Labute approximate surface area is 126 Å². The van der Waals surface area contributed by atoms with Crippen molar-refractivity contribution in [1.29, 1.82) is 0 Å². The molecular weight excluding hydrogens is 294 g/mol. The fourth-order valence-electron chi connectivity index (χ4n) is 2.00. The van der Waals surface area contributed by atoms with E-state index < -0.39 is 0 Å². The average molecular weight is 308 g/mol. The van der Waals surface area contributed by atoms with E-state index in [2.05, 4.69) is 17.3 Å². The number of aromatic nitrogens is 2. The minimum Gasteiger partial charge on any atom is -0.467 e. The van der Waals surface area contributed by atoms with Crippen molar-refractivity contribution in [2.45, 2.75) is 19.5 Å². The number of hydrogen-bond donors (Lipinski definition) is 1. The van der Waals surface area contributed by atoms with Crippen molar-refractivity contribution in [1.82, 2.24) is 9.78 Å². The number of aryl methyl sites for hydroxylation is 1.